The van der Waals surface area contributed by atoms with E-state index >= 15 is 0 Å². The van der Waals surface area contributed by atoms with Crippen LogP contribution < -0.4 is 4.90 Å². The van der Waals surface area contributed by atoms with Gasteiger partial charge in [-0.1, -0.05) is 91.0 Å². The van der Waals surface area contributed by atoms with E-state index in [2.05, 4.69) is 167 Å². The zero-order chi connectivity index (χ0) is 28.3. The van der Waals surface area contributed by atoms with Gasteiger partial charge in [0.15, 0.2) is 0 Å². The summed E-state index contributed by atoms with van der Waals surface area (Å²) in [6, 6.07) is 55.9. The molecule has 43 heavy (non-hydrogen) atoms. The number of aromatic nitrogens is 1. The van der Waals surface area contributed by atoms with Crippen LogP contribution in [0.5, 0.6) is 0 Å². The van der Waals surface area contributed by atoms with Crippen LogP contribution >= 0.6 is 0 Å². The first-order chi connectivity index (χ1) is 21.3. The van der Waals surface area contributed by atoms with E-state index in [1.54, 1.807) is 0 Å². The number of hydrogen-bond acceptors (Lipinski definition) is 2. The largest absolute Gasteiger partial charge is 0.456 e. The summed E-state index contributed by atoms with van der Waals surface area (Å²) < 4.78 is 8.88. The molecule has 0 radical (unpaired) electrons. The van der Waals surface area contributed by atoms with Crippen molar-refractivity contribution in [3.8, 4) is 5.69 Å². The first-order valence-corrected chi connectivity index (χ1v) is 14.6. The van der Waals surface area contributed by atoms with E-state index in [0.29, 0.717) is 0 Å². The number of hydrogen-bond donors (Lipinski definition) is 0. The van der Waals surface area contributed by atoms with Gasteiger partial charge in [-0.15, -0.1) is 0 Å². The third-order valence-corrected chi connectivity index (χ3v) is 8.53. The van der Waals surface area contributed by atoms with Crippen LogP contribution in [0.4, 0.5) is 17.1 Å². The average molecular weight is 551 g/mol. The predicted molar refractivity (Wildman–Crippen MR) is 180 cm³/mol. The van der Waals surface area contributed by atoms with Crippen molar-refractivity contribution in [2.45, 2.75) is 0 Å². The first-order valence-electron chi connectivity index (χ1n) is 14.6. The van der Waals surface area contributed by atoms with Gasteiger partial charge in [0.2, 0.25) is 0 Å². The van der Waals surface area contributed by atoms with Crippen LogP contribution in [0, 0.1) is 0 Å². The summed E-state index contributed by atoms with van der Waals surface area (Å²) in [5.74, 6) is 0. The van der Waals surface area contributed by atoms with Crippen LogP contribution in [-0.2, 0) is 0 Å². The molecule has 0 aliphatic heterocycles. The molecule has 2 aromatic heterocycles. The quantitative estimate of drug-likeness (QED) is 0.217. The normalized spacial score (nSPS) is 11.7. The molecule has 0 aliphatic rings. The molecule has 202 valence electrons. The highest BCUT2D eigenvalue weighted by molar-refractivity contribution is 6.23. The van der Waals surface area contributed by atoms with E-state index in [0.717, 1.165) is 44.8 Å². The van der Waals surface area contributed by atoms with E-state index in [4.69, 9.17) is 4.42 Å². The number of nitrogens with zero attached hydrogens (tertiary/aromatic N) is 2. The van der Waals surface area contributed by atoms with Crippen LogP contribution in [0.25, 0.3) is 60.2 Å². The first kappa shape index (κ1) is 23.9. The SMILES string of the molecule is c1ccc(N(c2ccccc2)c2cccc(-n3c4ccccc4c4cc5c(cc43)oc3ccc4ccccc4c35)c2)cc1. The Morgan fingerprint density at radius 1 is 0.419 bits per heavy atom. The van der Waals surface area contributed by atoms with Gasteiger partial charge in [-0.3, -0.25) is 0 Å². The molecular formula is C40H26N2O. The summed E-state index contributed by atoms with van der Waals surface area (Å²) in [7, 11) is 0. The van der Waals surface area contributed by atoms with Gasteiger partial charge in [0.25, 0.3) is 0 Å². The van der Waals surface area contributed by atoms with Crippen molar-refractivity contribution in [3.63, 3.8) is 0 Å². The summed E-state index contributed by atoms with van der Waals surface area (Å²) in [5.41, 5.74) is 8.53. The maximum absolute atomic E-state index is 6.51. The minimum Gasteiger partial charge on any atom is -0.456 e. The zero-order valence-electron chi connectivity index (χ0n) is 23.3. The van der Waals surface area contributed by atoms with Gasteiger partial charge in [-0.2, -0.15) is 0 Å². The van der Waals surface area contributed by atoms with Crippen LogP contribution in [0.3, 0.4) is 0 Å². The number of fused-ring (bicyclic) bond motifs is 8. The molecule has 9 rings (SSSR count). The number of furan rings is 1. The smallest absolute Gasteiger partial charge is 0.137 e. The fourth-order valence-electron chi connectivity index (χ4n) is 6.66. The van der Waals surface area contributed by atoms with Crippen molar-refractivity contribution < 1.29 is 4.42 Å². The predicted octanol–water partition coefficient (Wildman–Crippen LogP) is 11.3. The lowest BCUT2D eigenvalue weighted by atomic mass is 10.0. The van der Waals surface area contributed by atoms with Gasteiger partial charge in [-0.05, 0) is 71.4 Å². The van der Waals surface area contributed by atoms with E-state index in [-0.39, 0.29) is 0 Å². The van der Waals surface area contributed by atoms with E-state index < -0.39 is 0 Å². The van der Waals surface area contributed by atoms with Gasteiger partial charge in [-0.25, -0.2) is 0 Å². The van der Waals surface area contributed by atoms with Crippen molar-refractivity contribution in [1.29, 1.82) is 0 Å². The maximum Gasteiger partial charge on any atom is 0.137 e. The highest BCUT2D eigenvalue weighted by atomic mass is 16.3. The van der Waals surface area contributed by atoms with Gasteiger partial charge in [0, 0.05) is 50.4 Å². The van der Waals surface area contributed by atoms with Gasteiger partial charge in [0.05, 0.1) is 11.0 Å². The van der Waals surface area contributed by atoms with Gasteiger partial charge < -0.3 is 13.9 Å². The lowest BCUT2D eigenvalue weighted by molar-refractivity contribution is 0.669. The molecule has 2 heterocycles. The average Bonchev–Trinajstić information content (AvgIpc) is 3.60. The van der Waals surface area contributed by atoms with Crippen LogP contribution in [0.15, 0.2) is 162 Å². The van der Waals surface area contributed by atoms with Crippen LogP contribution in [-0.4, -0.2) is 4.57 Å². The third kappa shape index (κ3) is 3.68. The second-order valence-electron chi connectivity index (χ2n) is 11.0. The summed E-state index contributed by atoms with van der Waals surface area (Å²) in [6.07, 6.45) is 0. The molecule has 3 nitrogen and oxygen atoms in total. The Hall–Kier alpha value is -5.80. The molecule has 0 atom stereocenters. The fourth-order valence-corrected chi connectivity index (χ4v) is 6.66. The number of anilines is 3. The molecule has 0 unspecified atom stereocenters. The lowest BCUT2D eigenvalue weighted by Gasteiger charge is -2.26. The summed E-state index contributed by atoms with van der Waals surface area (Å²) in [6.45, 7) is 0. The molecule has 9 aromatic rings. The molecule has 0 aliphatic carbocycles. The highest BCUT2D eigenvalue weighted by Gasteiger charge is 2.19. The third-order valence-electron chi connectivity index (χ3n) is 8.53. The van der Waals surface area contributed by atoms with Crippen molar-refractivity contribution in [3.05, 3.63) is 158 Å². The van der Waals surface area contributed by atoms with E-state index in [9.17, 15) is 0 Å². The highest BCUT2D eigenvalue weighted by Crippen LogP contribution is 2.41. The van der Waals surface area contributed by atoms with E-state index in [1.807, 2.05) is 0 Å². The van der Waals surface area contributed by atoms with Crippen molar-refractivity contribution >= 4 is 71.6 Å². The second kappa shape index (κ2) is 9.37. The Balaban J connectivity index is 1.31. The molecule has 0 spiro atoms. The Bertz CT molecular complexity index is 2410. The fraction of sp³-hybridized carbons (Fsp3) is 0. The molecule has 0 amide bonds. The molecule has 0 saturated carbocycles. The lowest BCUT2D eigenvalue weighted by Crippen LogP contribution is -2.10. The number of para-hydroxylation sites is 3. The second-order valence-corrected chi connectivity index (χ2v) is 11.0. The van der Waals surface area contributed by atoms with Crippen LogP contribution in [0.1, 0.15) is 0 Å². The minimum absolute atomic E-state index is 0.897. The molecular weight excluding hydrogens is 524 g/mol. The molecule has 0 saturated heterocycles. The molecule has 7 aromatic carbocycles. The van der Waals surface area contributed by atoms with Gasteiger partial charge >= 0.3 is 0 Å². The summed E-state index contributed by atoms with van der Waals surface area (Å²) in [4.78, 5) is 2.31. The summed E-state index contributed by atoms with van der Waals surface area (Å²) >= 11 is 0. The Kier molecular flexibility index (Phi) is 5.20. The summed E-state index contributed by atoms with van der Waals surface area (Å²) in [5, 5.41) is 7.20. The van der Waals surface area contributed by atoms with Crippen molar-refractivity contribution in [2.24, 2.45) is 0 Å². The number of benzene rings is 7. The monoisotopic (exact) mass is 550 g/mol. The van der Waals surface area contributed by atoms with Crippen LogP contribution in [0.2, 0.25) is 0 Å². The molecule has 3 heteroatoms. The topological polar surface area (TPSA) is 21.3 Å². The Labute approximate surface area is 248 Å². The standard InChI is InChI=1S/C40H26N2O/c1-3-13-28(14-4-1)41(29-15-5-2-6-16-29)30-17-11-18-31(24-30)42-36-21-10-9-20-33(36)34-25-35-39(26-37(34)42)43-38-23-22-27-12-7-8-19-32(27)40(35)38/h1-26H. The minimum atomic E-state index is 0.897. The number of rotatable bonds is 4. The van der Waals surface area contributed by atoms with E-state index in [1.165, 1.54) is 32.4 Å². The molecule has 0 fully saturated rings. The van der Waals surface area contributed by atoms with Crippen molar-refractivity contribution in [2.75, 3.05) is 4.90 Å². The van der Waals surface area contributed by atoms with Crippen molar-refractivity contribution in [1.82, 2.24) is 4.57 Å². The molecule has 0 N–H and O–H groups in total. The van der Waals surface area contributed by atoms with Gasteiger partial charge in [0.1, 0.15) is 11.2 Å². The molecule has 0 bridgehead atoms. The maximum atomic E-state index is 6.51. The zero-order valence-corrected chi connectivity index (χ0v) is 23.3. The Morgan fingerprint density at radius 3 is 1.88 bits per heavy atom. The Morgan fingerprint density at radius 2 is 1.09 bits per heavy atom.